The van der Waals surface area contributed by atoms with Crippen LogP contribution in [0.15, 0.2) is 18.5 Å². The van der Waals surface area contributed by atoms with Crippen molar-refractivity contribution < 1.29 is 22.9 Å². The third-order valence-corrected chi connectivity index (χ3v) is 6.16. The first kappa shape index (κ1) is 17.8. The summed E-state index contributed by atoms with van der Waals surface area (Å²) in [5.41, 5.74) is 13.1. The Morgan fingerprint density at radius 1 is 1.50 bits per heavy atom. The third-order valence-electron chi connectivity index (χ3n) is 4.53. The molecule has 2 fully saturated rings. The van der Waals surface area contributed by atoms with Crippen LogP contribution in [0.5, 0.6) is 0 Å². The van der Waals surface area contributed by atoms with Gasteiger partial charge in [-0.1, -0.05) is 0 Å². The molecule has 2 aromatic rings. The molecule has 10 nitrogen and oxygen atoms in total. The van der Waals surface area contributed by atoms with Crippen molar-refractivity contribution in [1.29, 1.82) is 0 Å². The average Bonchev–Trinajstić information content (AvgIpc) is 3.07. The molecule has 11 heteroatoms. The monoisotopic (exact) mass is 383 g/mol. The van der Waals surface area contributed by atoms with Crippen molar-refractivity contribution in [1.82, 2.24) is 14.6 Å². The Labute approximate surface area is 150 Å². The maximum Gasteiger partial charge on any atom is 0.475 e. The van der Waals surface area contributed by atoms with Crippen molar-refractivity contribution in [2.45, 2.75) is 50.7 Å². The van der Waals surface area contributed by atoms with Crippen molar-refractivity contribution in [3.8, 4) is 0 Å². The van der Waals surface area contributed by atoms with Crippen LogP contribution in [0.1, 0.15) is 32.6 Å². The van der Waals surface area contributed by atoms with Crippen LogP contribution >= 0.6 is 7.82 Å². The number of fused-ring (bicyclic) bond motifs is 2. The number of ether oxygens (including phenoxy) is 1. The van der Waals surface area contributed by atoms with Gasteiger partial charge in [-0.3, -0.25) is 13.6 Å². The van der Waals surface area contributed by atoms with Crippen molar-refractivity contribution in [3.63, 3.8) is 0 Å². The first-order chi connectivity index (χ1) is 12.2. The molecule has 0 aromatic carbocycles. The molecule has 2 saturated heterocycles. The minimum atomic E-state index is -3.70. The van der Waals surface area contributed by atoms with Crippen molar-refractivity contribution in [2.75, 3.05) is 12.3 Å². The molecule has 4 N–H and O–H groups in total. The second kappa shape index (κ2) is 5.98. The molecule has 0 saturated carbocycles. The number of rotatable bonds is 3. The Morgan fingerprint density at radius 2 is 2.27 bits per heavy atom. The average molecular weight is 383 g/mol. The minimum Gasteiger partial charge on any atom is -0.396 e. The topological polar surface area (TPSA) is 136 Å². The maximum atomic E-state index is 12.7. The second-order valence-electron chi connectivity index (χ2n) is 7.05. The molecule has 0 amide bonds. The van der Waals surface area contributed by atoms with E-state index in [1.807, 2.05) is 0 Å². The molecule has 2 aliphatic heterocycles. The zero-order chi connectivity index (χ0) is 18.7. The number of imidazole rings is 1. The number of nitrogen functional groups attached to an aromatic ring is 1. The lowest BCUT2D eigenvalue weighted by Crippen LogP contribution is -2.53. The lowest BCUT2D eigenvalue weighted by molar-refractivity contribution is -0.0636. The largest absolute Gasteiger partial charge is 0.475 e. The Morgan fingerprint density at radius 3 is 3.00 bits per heavy atom. The van der Waals surface area contributed by atoms with Gasteiger partial charge in [-0.15, -0.1) is 0 Å². The second-order valence-corrected chi connectivity index (χ2v) is 8.62. The van der Waals surface area contributed by atoms with E-state index in [2.05, 4.69) is 10.1 Å². The Hall–Kier alpha value is -1.55. The first-order valence-corrected chi connectivity index (χ1v) is 9.81. The predicted octanol–water partition coefficient (Wildman–Crippen LogP) is 1.42. The standard InChI is InChI=1S/C15H22N5O5P/c1-8(2)24-26(21)22-7-11-13(25-26)15(3,17)12(23-11)10-6-18-14-9(16)4-5-19-20(10)14/h4-6,8,11-13H,7,16-17H2,1-3H3/t11-,12+,13-,15+,26+/m1/s1. The predicted molar refractivity (Wildman–Crippen MR) is 92.3 cm³/mol. The van der Waals surface area contributed by atoms with Crippen molar-refractivity contribution in [3.05, 3.63) is 24.2 Å². The summed E-state index contributed by atoms with van der Waals surface area (Å²) in [7, 11) is -3.70. The molecule has 142 valence electrons. The molecular weight excluding hydrogens is 361 g/mol. The zero-order valence-corrected chi connectivity index (χ0v) is 15.6. The van der Waals surface area contributed by atoms with E-state index in [0.29, 0.717) is 17.0 Å². The summed E-state index contributed by atoms with van der Waals surface area (Å²) in [5, 5.41) is 4.28. The molecule has 5 atom stereocenters. The van der Waals surface area contributed by atoms with Crippen LogP contribution in [0, 0.1) is 0 Å². The van der Waals surface area contributed by atoms with Crippen LogP contribution in [-0.2, 0) is 22.9 Å². The zero-order valence-electron chi connectivity index (χ0n) is 14.7. The van der Waals surface area contributed by atoms with E-state index in [-0.39, 0.29) is 12.7 Å². The normalized spacial score (nSPS) is 37.3. The summed E-state index contributed by atoms with van der Waals surface area (Å²) in [6, 6.07) is 1.67. The summed E-state index contributed by atoms with van der Waals surface area (Å²) in [5.74, 6) is 0. The van der Waals surface area contributed by atoms with E-state index in [9.17, 15) is 4.57 Å². The first-order valence-electron chi connectivity index (χ1n) is 8.35. The third kappa shape index (κ3) is 2.74. The van der Waals surface area contributed by atoms with E-state index < -0.39 is 31.7 Å². The SMILES string of the molecule is CC(C)O[P@]1(=O)OC[C@H]2O[C@@H](c3cnc4c(N)ccnn34)[C@](C)(N)[C@@H]2O1. The quantitative estimate of drug-likeness (QED) is 0.754. The molecule has 0 unspecified atom stereocenters. The minimum absolute atomic E-state index is 0.0598. The van der Waals surface area contributed by atoms with Crippen molar-refractivity contribution >= 4 is 19.2 Å². The summed E-state index contributed by atoms with van der Waals surface area (Å²) >= 11 is 0. The lowest BCUT2D eigenvalue weighted by Gasteiger charge is -2.36. The van der Waals surface area contributed by atoms with E-state index in [1.165, 1.54) is 0 Å². The lowest BCUT2D eigenvalue weighted by atomic mass is 9.88. The van der Waals surface area contributed by atoms with Gasteiger partial charge in [0.25, 0.3) is 0 Å². The summed E-state index contributed by atoms with van der Waals surface area (Å²) in [6.07, 6.45) is 1.13. The summed E-state index contributed by atoms with van der Waals surface area (Å²) in [6.45, 7) is 5.34. The van der Waals surface area contributed by atoms with Crippen LogP contribution < -0.4 is 11.5 Å². The highest BCUT2D eigenvalue weighted by Crippen LogP contribution is 2.59. The number of hydrogen-bond acceptors (Lipinski definition) is 9. The van der Waals surface area contributed by atoms with Crippen LogP contribution in [-0.4, -0.2) is 45.1 Å². The van der Waals surface area contributed by atoms with Gasteiger partial charge in [0.2, 0.25) is 0 Å². The van der Waals surface area contributed by atoms with E-state index in [4.69, 9.17) is 29.8 Å². The number of nitrogens with zero attached hydrogens (tertiary/aromatic N) is 3. The smallest absolute Gasteiger partial charge is 0.396 e. The van der Waals surface area contributed by atoms with Crippen LogP contribution in [0.4, 0.5) is 5.69 Å². The highest BCUT2D eigenvalue weighted by Gasteiger charge is 2.59. The van der Waals surface area contributed by atoms with Crippen LogP contribution in [0.25, 0.3) is 5.65 Å². The molecule has 0 bridgehead atoms. The van der Waals surface area contributed by atoms with E-state index in [1.54, 1.807) is 43.7 Å². The fraction of sp³-hybridized carbons (Fsp3) is 0.600. The Balaban J connectivity index is 1.68. The fourth-order valence-electron chi connectivity index (χ4n) is 3.40. The van der Waals surface area contributed by atoms with E-state index >= 15 is 0 Å². The Bertz CT molecular complexity index is 884. The molecule has 0 radical (unpaired) electrons. The summed E-state index contributed by atoms with van der Waals surface area (Å²) in [4.78, 5) is 4.30. The molecule has 2 aromatic heterocycles. The highest BCUT2D eigenvalue weighted by atomic mass is 31.2. The van der Waals surface area contributed by atoms with Gasteiger partial charge in [-0.05, 0) is 26.8 Å². The number of aromatic nitrogens is 3. The number of phosphoric ester groups is 1. The molecule has 4 heterocycles. The van der Waals surface area contributed by atoms with Gasteiger partial charge in [0.15, 0.2) is 5.65 Å². The molecule has 4 rings (SSSR count). The maximum absolute atomic E-state index is 12.7. The number of phosphoric acid groups is 1. The number of anilines is 1. The molecule has 0 aliphatic carbocycles. The van der Waals surface area contributed by atoms with Gasteiger partial charge in [-0.2, -0.15) is 5.10 Å². The van der Waals surface area contributed by atoms with E-state index in [0.717, 1.165) is 0 Å². The van der Waals surface area contributed by atoms with Crippen molar-refractivity contribution in [2.24, 2.45) is 5.73 Å². The molecule has 0 spiro atoms. The van der Waals surface area contributed by atoms with Gasteiger partial charge in [-0.25, -0.2) is 14.1 Å². The molecular formula is C15H22N5O5P. The van der Waals surface area contributed by atoms with Crippen LogP contribution in [0.3, 0.4) is 0 Å². The molecule has 26 heavy (non-hydrogen) atoms. The van der Waals surface area contributed by atoms with Gasteiger partial charge in [0, 0.05) is 0 Å². The van der Waals surface area contributed by atoms with Gasteiger partial charge >= 0.3 is 7.82 Å². The Kier molecular flexibility index (Phi) is 4.11. The highest BCUT2D eigenvalue weighted by molar-refractivity contribution is 7.48. The van der Waals surface area contributed by atoms with Gasteiger partial charge in [0.1, 0.15) is 18.3 Å². The van der Waals surface area contributed by atoms with Crippen LogP contribution in [0.2, 0.25) is 0 Å². The van der Waals surface area contributed by atoms with Gasteiger partial charge in [0.05, 0.1) is 42.0 Å². The summed E-state index contributed by atoms with van der Waals surface area (Å²) < 4.78 is 36.7. The number of hydrogen-bond donors (Lipinski definition) is 2. The molecule has 2 aliphatic rings. The fourth-order valence-corrected chi connectivity index (χ4v) is 5.06. The number of nitrogens with two attached hydrogens (primary N) is 2. The van der Waals surface area contributed by atoms with Gasteiger partial charge < -0.3 is 16.2 Å².